The standard InChI is InChI=1S/C27H21N3O3S/c1-33-22-12-10-19(11-13-22)24-15-23-25(34-24)27(32)30(17-28-23)16-18-6-5-7-20(14-18)26(31)29-21-8-3-2-4-9-21/h2-15,17H,16H2,1H3,(H,29,31). The molecule has 5 rings (SSSR count). The lowest BCUT2D eigenvalue weighted by Gasteiger charge is -2.08. The highest BCUT2D eigenvalue weighted by Crippen LogP contribution is 2.31. The highest BCUT2D eigenvalue weighted by molar-refractivity contribution is 7.22. The SMILES string of the molecule is COc1ccc(-c2cc3ncn(Cc4cccc(C(=O)Nc5ccccc5)c4)c(=O)c3s2)cc1. The number of nitrogens with one attached hydrogen (secondary N) is 1. The molecule has 0 spiro atoms. The predicted octanol–water partition coefficient (Wildman–Crippen LogP) is 5.43. The fourth-order valence-corrected chi connectivity index (χ4v) is 4.75. The zero-order valence-corrected chi connectivity index (χ0v) is 19.2. The smallest absolute Gasteiger partial charge is 0.271 e. The van der Waals surface area contributed by atoms with Crippen LogP contribution in [-0.4, -0.2) is 22.6 Å². The summed E-state index contributed by atoms with van der Waals surface area (Å²) in [5, 5.41) is 2.88. The highest BCUT2D eigenvalue weighted by atomic mass is 32.1. The summed E-state index contributed by atoms with van der Waals surface area (Å²) in [6, 6.07) is 26.2. The minimum atomic E-state index is -0.198. The van der Waals surface area contributed by atoms with E-state index in [4.69, 9.17) is 4.74 Å². The number of carbonyl (C=O) groups is 1. The molecule has 34 heavy (non-hydrogen) atoms. The molecular formula is C27H21N3O3S. The number of hydrogen-bond acceptors (Lipinski definition) is 5. The molecule has 0 aliphatic carbocycles. The summed E-state index contributed by atoms with van der Waals surface area (Å²) < 4.78 is 7.40. The van der Waals surface area contributed by atoms with Gasteiger partial charge < -0.3 is 10.1 Å². The van der Waals surface area contributed by atoms with E-state index in [0.717, 1.165) is 27.4 Å². The summed E-state index contributed by atoms with van der Waals surface area (Å²) in [6.45, 7) is 0.323. The van der Waals surface area contributed by atoms with E-state index in [9.17, 15) is 9.59 Å². The van der Waals surface area contributed by atoms with E-state index in [0.29, 0.717) is 22.3 Å². The van der Waals surface area contributed by atoms with Crippen molar-refractivity contribution < 1.29 is 9.53 Å². The van der Waals surface area contributed by atoms with Crippen LogP contribution in [0.1, 0.15) is 15.9 Å². The minimum Gasteiger partial charge on any atom is -0.497 e. The molecule has 0 aliphatic heterocycles. The van der Waals surface area contributed by atoms with Crippen molar-refractivity contribution in [2.24, 2.45) is 0 Å². The molecule has 5 aromatic rings. The summed E-state index contributed by atoms with van der Waals surface area (Å²) in [6.07, 6.45) is 1.56. The summed E-state index contributed by atoms with van der Waals surface area (Å²) in [7, 11) is 1.63. The average molecular weight is 468 g/mol. The summed E-state index contributed by atoms with van der Waals surface area (Å²) in [5.41, 5.74) is 3.68. The van der Waals surface area contributed by atoms with Crippen molar-refractivity contribution >= 4 is 33.1 Å². The second-order valence-corrected chi connectivity index (χ2v) is 8.80. The molecule has 0 fully saturated rings. The molecule has 0 radical (unpaired) electrons. The van der Waals surface area contributed by atoms with E-state index in [1.807, 2.05) is 72.8 Å². The Morgan fingerprint density at radius 2 is 1.79 bits per heavy atom. The van der Waals surface area contributed by atoms with E-state index in [1.54, 1.807) is 30.1 Å². The average Bonchev–Trinajstić information content (AvgIpc) is 3.32. The molecule has 0 saturated heterocycles. The Morgan fingerprint density at radius 3 is 2.56 bits per heavy atom. The number of aromatic nitrogens is 2. The van der Waals surface area contributed by atoms with Crippen LogP contribution in [0.3, 0.4) is 0 Å². The van der Waals surface area contributed by atoms with Crippen LogP contribution in [0, 0.1) is 0 Å². The second kappa shape index (κ2) is 9.33. The number of amides is 1. The van der Waals surface area contributed by atoms with Crippen LogP contribution in [0.4, 0.5) is 5.69 Å². The molecule has 0 bridgehead atoms. The first kappa shape index (κ1) is 21.6. The van der Waals surface area contributed by atoms with Crippen molar-refractivity contribution in [3.63, 3.8) is 0 Å². The van der Waals surface area contributed by atoms with Crippen LogP contribution in [0.25, 0.3) is 20.7 Å². The first-order valence-electron chi connectivity index (χ1n) is 10.7. The Hall–Kier alpha value is -4.23. The maximum atomic E-state index is 13.2. The topological polar surface area (TPSA) is 73.2 Å². The van der Waals surface area contributed by atoms with Crippen LogP contribution >= 0.6 is 11.3 Å². The third-order valence-corrected chi connectivity index (χ3v) is 6.61. The number of nitrogens with zero attached hydrogens (tertiary/aromatic N) is 2. The molecule has 2 aromatic heterocycles. The molecule has 0 aliphatic rings. The van der Waals surface area contributed by atoms with Crippen molar-refractivity contribution in [3.8, 4) is 16.2 Å². The third kappa shape index (κ3) is 4.46. The van der Waals surface area contributed by atoms with E-state index in [2.05, 4.69) is 10.3 Å². The Morgan fingerprint density at radius 1 is 1.00 bits per heavy atom. The van der Waals surface area contributed by atoms with Gasteiger partial charge in [-0.1, -0.05) is 30.3 Å². The summed E-state index contributed by atoms with van der Waals surface area (Å²) in [4.78, 5) is 31.3. The number of thiophene rings is 1. The van der Waals surface area contributed by atoms with E-state index in [1.165, 1.54) is 11.3 Å². The molecule has 7 heteroatoms. The van der Waals surface area contributed by atoms with Gasteiger partial charge in [-0.15, -0.1) is 11.3 Å². The molecule has 1 N–H and O–H groups in total. The first-order chi connectivity index (χ1) is 16.6. The maximum absolute atomic E-state index is 13.2. The predicted molar refractivity (Wildman–Crippen MR) is 136 cm³/mol. The molecule has 1 amide bonds. The van der Waals surface area contributed by atoms with Gasteiger partial charge in [0.1, 0.15) is 10.4 Å². The molecule has 0 unspecified atom stereocenters. The molecule has 168 valence electrons. The lowest BCUT2D eigenvalue weighted by atomic mass is 10.1. The molecule has 0 atom stereocenters. The number of ether oxygens (including phenoxy) is 1. The Labute approximate surface area is 200 Å². The van der Waals surface area contributed by atoms with Crippen molar-refractivity contribution in [1.29, 1.82) is 0 Å². The molecular weight excluding hydrogens is 446 g/mol. The Kier molecular flexibility index (Phi) is 5.93. The van der Waals surface area contributed by atoms with Gasteiger partial charge in [0.25, 0.3) is 11.5 Å². The van der Waals surface area contributed by atoms with Crippen molar-refractivity contribution in [1.82, 2.24) is 9.55 Å². The van der Waals surface area contributed by atoms with Gasteiger partial charge in [-0.3, -0.25) is 14.2 Å². The number of methoxy groups -OCH3 is 1. The van der Waals surface area contributed by atoms with Crippen molar-refractivity contribution in [2.45, 2.75) is 6.54 Å². The largest absolute Gasteiger partial charge is 0.497 e. The van der Waals surface area contributed by atoms with E-state index >= 15 is 0 Å². The third-order valence-electron chi connectivity index (χ3n) is 5.45. The number of fused-ring (bicyclic) bond motifs is 1. The first-order valence-corrected chi connectivity index (χ1v) is 11.5. The lowest BCUT2D eigenvalue weighted by molar-refractivity contribution is 0.102. The number of hydrogen-bond donors (Lipinski definition) is 1. The van der Waals surface area contributed by atoms with Crippen molar-refractivity contribution in [2.75, 3.05) is 12.4 Å². The van der Waals surface area contributed by atoms with Gasteiger partial charge in [0, 0.05) is 16.1 Å². The van der Waals surface area contributed by atoms with Gasteiger partial charge in [0.2, 0.25) is 0 Å². The number of para-hydroxylation sites is 1. The lowest BCUT2D eigenvalue weighted by Crippen LogP contribution is -2.20. The van der Waals surface area contributed by atoms with E-state index < -0.39 is 0 Å². The Bertz CT molecular complexity index is 1520. The second-order valence-electron chi connectivity index (χ2n) is 7.75. The van der Waals surface area contributed by atoms with Crippen LogP contribution in [0.2, 0.25) is 0 Å². The van der Waals surface area contributed by atoms with Gasteiger partial charge in [0.15, 0.2) is 0 Å². The normalized spacial score (nSPS) is 10.9. The molecule has 3 aromatic carbocycles. The van der Waals surface area contributed by atoms with Crippen LogP contribution in [-0.2, 0) is 6.54 Å². The van der Waals surface area contributed by atoms with Gasteiger partial charge in [-0.05, 0) is 65.7 Å². The van der Waals surface area contributed by atoms with Gasteiger partial charge >= 0.3 is 0 Å². The maximum Gasteiger partial charge on any atom is 0.271 e. The highest BCUT2D eigenvalue weighted by Gasteiger charge is 2.12. The fourth-order valence-electron chi connectivity index (χ4n) is 3.69. The minimum absolute atomic E-state index is 0.103. The number of carbonyl (C=O) groups excluding carboxylic acids is 1. The van der Waals surface area contributed by atoms with Gasteiger partial charge in [-0.2, -0.15) is 0 Å². The molecule has 0 saturated carbocycles. The zero-order chi connectivity index (χ0) is 23.5. The monoisotopic (exact) mass is 467 g/mol. The molecule has 6 nitrogen and oxygen atoms in total. The van der Waals surface area contributed by atoms with Crippen molar-refractivity contribution in [3.05, 3.63) is 113 Å². The van der Waals surface area contributed by atoms with Gasteiger partial charge in [-0.25, -0.2) is 4.98 Å². The quantitative estimate of drug-likeness (QED) is 0.361. The van der Waals surface area contributed by atoms with Crippen LogP contribution < -0.4 is 15.6 Å². The molecule has 2 heterocycles. The van der Waals surface area contributed by atoms with Gasteiger partial charge in [0.05, 0.1) is 25.5 Å². The summed E-state index contributed by atoms with van der Waals surface area (Å²) in [5.74, 6) is 0.585. The fraction of sp³-hybridized carbons (Fsp3) is 0.0741. The van der Waals surface area contributed by atoms with Crippen LogP contribution in [0.5, 0.6) is 5.75 Å². The Balaban J connectivity index is 1.39. The number of anilines is 1. The van der Waals surface area contributed by atoms with Crippen LogP contribution in [0.15, 0.2) is 96.1 Å². The number of benzene rings is 3. The number of rotatable bonds is 6. The van der Waals surface area contributed by atoms with E-state index in [-0.39, 0.29) is 11.5 Å². The summed E-state index contributed by atoms with van der Waals surface area (Å²) >= 11 is 1.42. The zero-order valence-electron chi connectivity index (χ0n) is 18.4.